The van der Waals surface area contributed by atoms with E-state index in [1.807, 2.05) is 19.1 Å². The first-order valence-electron chi connectivity index (χ1n) is 24.1. The van der Waals surface area contributed by atoms with E-state index in [0.717, 1.165) is 104 Å². The van der Waals surface area contributed by atoms with Crippen molar-refractivity contribution in [2.75, 3.05) is 5.32 Å². The fourth-order valence-corrected chi connectivity index (χ4v) is 10.5. The Balaban J connectivity index is 1.52. The lowest BCUT2D eigenvalue weighted by Gasteiger charge is -2.26. The fourth-order valence-electron chi connectivity index (χ4n) is 10.5. The Labute approximate surface area is 393 Å². The van der Waals surface area contributed by atoms with Crippen LogP contribution in [0.2, 0.25) is 0 Å². The van der Waals surface area contributed by atoms with E-state index < -0.39 is 0 Å². The van der Waals surface area contributed by atoms with Crippen molar-refractivity contribution in [1.82, 2.24) is 13.7 Å². The molecule has 0 amide bonds. The third-order valence-corrected chi connectivity index (χ3v) is 14.1. The van der Waals surface area contributed by atoms with Gasteiger partial charge >= 0.3 is 0 Å². The monoisotopic (exact) mass is 872 g/mol. The van der Waals surface area contributed by atoms with Crippen molar-refractivity contribution in [3.05, 3.63) is 178 Å². The maximum Gasteiger partial charge on any atom is 0.104 e. The van der Waals surface area contributed by atoms with E-state index >= 15 is 0 Å². The molecule has 0 saturated carbocycles. The summed E-state index contributed by atoms with van der Waals surface area (Å²) in [6, 6.07) is 45.8. The second-order valence-corrected chi connectivity index (χ2v) is 17.8. The normalized spacial score (nSPS) is 11.8. The minimum absolute atomic E-state index is 0.384. The Morgan fingerprint density at radius 1 is 0.448 bits per heavy atom. The predicted molar refractivity (Wildman–Crippen MR) is 283 cm³/mol. The van der Waals surface area contributed by atoms with Crippen molar-refractivity contribution < 1.29 is 0 Å². The lowest BCUT2D eigenvalue weighted by Crippen LogP contribution is -2.16. The third-order valence-electron chi connectivity index (χ3n) is 14.1. The maximum absolute atomic E-state index is 12.1. The van der Waals surface area contributed by atoms with Crippen LogP contribution in [0.15, 0.2) is 134 Å². The molecule has 330 valence electrons. The summed E-state index contributed by atoms with van der Waals surface area (Å²) < 4.78 is 6.75. The number of hydrogen-bond donors (Lipinski definition) is 1. The average molecular weight is 873 g/mol. The van der Waals surface area contributed by atoms with Crippen LogP contribution in [0.3, 0.4) is 0 Å². The number of hydrogen-bond acceptors (Lipinski definition) is 3. The van der Waals surface area contributed by atoms with Crippen molar-refractivity contribution >= 4 is 71.1 Å². The molecule has 6 nitrogen and oxygen atoms in total. The van der Waals surface area contributed by atoms with Crippen LogP contribution >= 0.6 is 0 Å². The molecule has 1 N–H and O–H groups in total. The van der Waals surface area contributed by atoms with Gasteiger partial charge in [-0.15, -0.1) is 0 Å². The zero-order valence-corrected chi connectivity index (χ0v) is 39.7. The van der Waals surface area contributed by atoms with E-state index in [9.17, 15) is 10.5 Å². The van der Waals surface area contributed by atoms with Crippen LogP contribution in [0, 0.1) is 22.7 Å². The molecule has 0 unspecified atom stereocenters. The first kappa shape index (κ1) is 43.1. The Hall–Kier alpha value is -7.80. The van der Waals surface area contributed by atoms with Gasteiger partial charge in [0.2, 0.25) is 0 Å². The van der Waals surface area contributed by atoms with Gasteiger partial charge in [0, 0.05) is 38.0 Å². The topological polar surface area (TPSA) is 74.4 Å². The third kappa shape index (κ3) is 6.74. The molecule has 0 aliphatic carbocycles. The summed E-state index contributed by atoms with van der Waals surface area (Å²) in [5.74, 6) is 0. The van der Waals surface area contributed by atoms with Gasteiger partial charge in [-0.25, -0.2) is 0 Å². The highest BCUT2D eigenvalue weighted by atomic mass is 15.1. The first-order chi connectivity index (χ1) is 32.7. The van der Waals surface area contributed by atoms with Gasteiger partial charge in [0.15, 0.2) is 0 Å². The van der Waals surface area contributed by atoms with Crippen LogP contribution < -0.4 is 5.32 Å². The number of anilines is 1. The molecule has 0 radical (unpaired) electrons. The van der Waals surface area contributed by atoms with E-state index in [2.05, 4.69) is 188 Å². The first-order valence-corrected chi connectivity index (χ1v) is 24.1. The Morgan fingerprint density at radius 2 is 0.701 bits per heavy atom. The van der Waals surface area contributed by atoms with E-state index in [1.165, 1.54) is 33.4 Å². The summed E-state index contributed by atoms with van der Waals surface area (Å²) in [5, 5.41) is 34.7. The molecule has 3 heterocycles. The van der Waals surface area contributed by atoms with Gasteiger partial charge in [0.25, 0.3) is 0 Å². The molecule has 6 heteroatoms. The molecule has 67 heavy (non-hydrogen) atoms. The standard InChI is InChI=1S/C61H56N6/c1-9-16-37(8)64-58-60(66-54-25-19-40(12-4)31-46(54)47-32-41(13-5)20-26-55(47)66)50(35-62)59(65-52-23-17-38(10-2)29-44(52)45-30-39(11-3)18-24-53(45)65)51(36-63)61(58)67-56-27-21-42(14-6)33-48(56)49-34-43(15-7)22-28-57(49)67/h9,16-34,64H,8,10-15H2,1-7H3/b16-9-. The second-order valence-electron chi connectivity index (χ2n) is 17.8. The number of benzene rings is 7. The molecule has 0 saturated heterocycles. The van der Waals surface area contributed by atoms with Crippen LogP contribution in [-0.2, 0) is 38.5 Å². The quantitative estimate of drug-likeness (QED) is 0.124. The highest BCUT2D eigenvalue weighted by molar-refractivity contribution is 6.15. The summed E-state index contributed by atoms with van der Waals surface area (Å²) in [5.41, 5.74) is 17.1. The molecule has 0 spiro atoms. The van der Waals surface area contributed by atoms with E-state index in [1.54, 1.807) is 0 Å². The van der Waals surface area contributed by atoms with Crippen molar-refractivity contribution in [2.45, 2.75) is 87.0 Å². The number of aromatic nitrogens is 3. The molecule has 7 aromatic carbocycles. The summed E-state index contributed by atoms with van der Waals surface area (Å²) in [4.78, 5) is 0. The van der Waals surface area contributed by atoms with Crippen molar-refractivity contribution in [3.8, 4) is 29.2 Å². The van der Waals surface area contributed by atoms with Crippen LogP contribution in [0.25, 0.3) is 82.5 Å². The average Bonchev–Trinajstić information content (AvgIpc) is 3.98. The van der Waals surface area contributed by atoms with Gasteiger partial charge in [0.05, 0.1) is 55.8 Å². The molecule has 10 rings (SSSR count). The Bertz CT molecular complexity index is 3440. The predicted octanol–water partition coefficient (Wildman–Crippen LogP) is 15.6. The van der Waals surface area contributed by atoms with Crippen LogP contribution in [0.1, 0.15) is 93.0 Å². The number of nitrogens with zero attached hydrogens (tertiary/aromatic N) is 5. The van der Waals surface area contributed by atoms with E-state index in [4.69, 9.17) is 0 Å². The van der Waals surface area contributed by atoms with Gasteiger partial charge in [-0.05, 0) is 158 Å². The van der Waals surface area contributed by atoms with Crippen LogP contribution in [-0.4, -0.2) is 13.7 Å². The zero-order chi connectivity index (χ0) is 46.7. The number of allylic oxidation sites excluding steroid dienone is 2. The van der Waals surface area contributed by atoms with Crippen LogP contribution in [0.4, 0.5) is 5.69 Å². The molecule has 3 aromatic heterocycles. The smallest absolute Gasteiger partial charge is 0.104 e. The number of rotatable bonds is 12. The summed E-state index contributed by atoms with van der Waals surface area (Å²) in [7, 11) is 0. The molecule has 0 bridgehead atoms. The maximum atomic E-state index is 12.1. The fraction of sp³-hybridized carbons (Fsp3) is 0.213. The Kier molecular flexibility index (Phi) is 11.1. The lowest BCUT2D eigenvalue weighted by molar-refractivity contribution is 1.07. The Morgan fingerprint density at radius 3 is 0.925 bits per heavy atom. The minimum Gasteiger partial charge on any atom is -0.353 e. The molecule has 0 aliphatic rings. The van der Waals surface area contributed by atoms with Gasteiger partial charge in [-0.2, -0.15) is 10.5 Å². The number of nitrogens with one attached hydrogen (secondary N) is 1. The number of aryl methyl sites for hydroxylation is 6. The largest absolute Gasteiger partial charge is 0.353 e. The molecule has 0 aliphatic heterocycles. The summed E-state index contributed by atoms with van der Waals surface area (Å²) in [6.45, 7) is 19.6. The summed E-state index contributed by atoms with van der Waals surface area (Å²) in [6.07, 6.45) is 9.24. The van der Waals surface area contributed by atoms with Crippen LogP contribution in [0.5, 0.6) is 0 Å². The van der Waals surface area contributed by atoms with Gasteiger partial charge < -0.3 is 19.0 Å². The molecule has 0 fully saturated rings. The molecule has 0 atom stereocenters. The van der Waals surface area contributed by atoms with Gasteiger partial charge in [-0.3, -0.25) is 0 Å². The van der Waals surface area contributed by atoms with E-state index in [-0.39, 0.29) is 0 Å². The number of nitriles is 2. The van der Waals surface area contributed by atoms with Crippen molar-refractivity contribution in [1.29, 1.82) is 10.5 Å². The summed E-state index contributed by atoms with van der Waals surface area (Å²) >= 11 is 0. The molecular formula is C61H56N6. The minimum atomic E-state index is 0.384. The second kappa shape index (κ2) is 17.2. The lowest BCUT2D eigenvalue weighted by atomic mass is 9.98. The molecule has 10 aromatic rings. The SMILES string of the molecule is C=C(/C=C\C)Nc1c(-n2c3ccc(CC)cc3c3cc(CC)ccc32)c(C#N)c(-n2c3ccc(CC)cc3c3cc(CC)ccc32)c(C#N)c1-n1c2ccc(CC)cc2c2cc(CC)ccc21. The van der Waals surface area contributed by atoms with Crippen molar-refractivity contribution in [2.24, 2.45) is 0 Å². The highest BCUT2D eigenvalue weighted by Gasteiger charge is 2.33. The highest BCUT2D eigenvalue weighted by Crippen LogP contribution is 2.48. The number of fused-ring (bicyclic) bond motifs is 9. The zero-order valence-electron chi connectivity index (χ0n) is 39.7. The van der Waals surface area contributed by atoms with E-state index in [0.29, 0.717) is 39.6 Å². The van der Waals surface area contributed by atoms with Gasteiger partial charge in [0.1, 0.15) is 23.3 Å². The van der Waals surface area contributed by atoms with Crippen molar-refractivity contribution in [3.63, 3.8) is 0 Å². The van der Waals surface area contributed by atoms with Gasteiger partial charge in [-0.1, -0.05) is 90.6 Å². The molecular weight excluding hydrogens is 817 g/mol.